The average Bonchev–Trinajstić information content (AvgIpc) is 2.20. The van der Waals surface area contributed by atoms with E-state index >= 15 is 0 Å². The number of nitro benzene ring substituents is 1. The second-order valence-corrected chi connectivity index (χ2v) is 3.94. The fraction of sp³-hybridized carbons (Fsp3) is 0.273. The lowest BCUT2D eigenvalue weighted by molar-refractivity contribution is -0.385. The number of hydrogen-bond donors (Lipinski definition) is 0. The molecule has 80 valence electrons. The van der Waals surface area contributed by atoms with Gasteiger partial charge < -0.3 is 0 Å². The number of nitrogens with zero attached hydrogens (tertiary/aromatic N) is 1. The molecule has 0 aliphatic carbocycles. The first kappa shape index (κ1) is 11.9. The summed E-state index contributed by atoms with van der Waals surface area (Å²) in [7, 11) is 0. The van der Waals surface area contributed by atoms with Crippen molar-refractivity contribution in [3.63, 3.8) is 0 Å². The van der Waals surface area contributed by atoms with Crippen LogP contribution in [0, 0.1) is 17.0 Å². The van der Waals surface area contributed by atoms with E-state index in [9.17, 15) is 10.1 Å². The zero-order chi connectivity index (χ0) is 11.3. The van der Waals surface area contributed by atoms with E-state index in [4.69, 9.17) is 0 Å². The largest absolute Gasteiger partial charge is 0.276 e. The highest BCUT2D eigenvalue weighted by Crippen LogP contribution is 2.23. The first-order chi connectivity index (χ1) is 7.16. The van der Waals surface area contributed by atoms with E-state index in [0.29, 0.717) is 5.56 Å². The molecule has 0 atom stereocenters. The molecule has 0 N–H and O–H groups in total. The Morgan fingerprint density at radius 1 is 1.53 bits per heavy atom. The van der Waals surface area contributed by atoms with E-state index in [1.54, 1.807) is 6.07 Å². The molecule has 1 aromatic carbocycles. The van der Waals surface area contributed by atoms with Gasteiger partial charge in [0.1, 0.15) is 0 Å². The Morgan fingerprint density at radius 2 is 2.27 bits per heavy atom. The van der Waals surface area contributed by atoms with Crippen LogP contribution in [0.3, 0.4) is 0 Å². The van der Waals surface area contributed by atoms with Crippen LogP contribution in [-0.4, -0.2) is 10.3 Å². The molecule has 4 heteroatoms. The molecule has 0 aliphatic heterocycles. The van der Waals surface area contributed by atoms with Crippen molar-refractivity contribution in [2.45, 2.75) is 13.3 Å². The molecule has 1 aromatic rings. The summed E-state index contributed by atoms with van der Waals surface area (Å²) in [5, 5.41) is 11.6. The minimum atomic E-state index is -0.346. The second kappa shape index (κ2) is 5.66. The van der Waals surface area contributed by atoms with Gasteiger partial charge in [0.25, 0.3) is 5.69 Å². The van der Waals surface area contributed by atoms with Gasteiger partial charge in [-0.25, -0.2) is 0 Å². The fourth-order valence-corrected chi connectivity index (χ4v) is 1.57. The van der Waals surface area contributed by atoms with Crippen molar-refractivity contribution in [1.82, 2.24) is 0 Å². The highest BCUT2D eigenvalue weighted by Gasteiger charge is 2.11. The molecule has 0 saturated heterocycles. The third-order valence-electron chi connectivity index (χ3n) is 2.06. The predicted molar refractivity (Wildman–Crippen MR) is 65.3 cm³/mol. The highest BCUT2D eigenvalue weighted by atomic mass is 79.9. The summed E-state index contributed by atoms with van der Waals surface area (Å²) in [5.41, 5.74) is 1.79. The summed E-state index contributed by atoms with van der Waals surface area (Å²) in [6.45, 7) is 1.88. The summed E-state index contributed by atoms with van der Waals surface area (Å²) >= 11 is 3.30. The summed E-state index contributed by atoms with van der Waals surface area (Å²) in [6, 6.07) is 5.11. The number of benzene rings is 1. The van der Waals surface area contributed by atoms with Gasteiger partial charge in [0, 0.05) is 11.4 Å². The van der Waals surface area contributed by atoms with Gasteiger partial charge in [0.15, 0.2) is 0 Å². The van der Waals surface area contributed by atoms with E-state index < -0.39 is 0 Å². The van der Waals surface area contributed by atoms with Crippen LogP contribution in [-0.2, 0) is 0 Å². The smallest absolute Gasteiger partial charge is 0.258 e. The summed E-state index contributed by atoms with van der Waals surface area (Å²) in [5.74, 6) is 0. The zero-order valence-electron chi connectivity index (χ0n) is 8.44. The lowest BCUT2D eigenvalue weighted by atomic mass is 10.1. The maximum Gasteiger partial charge on any atom is 0.276 e. The third-order valence-corrected chi connectivity index (χ3v) is 2.52. The molecule has 0 saturated carbocycles. The van der Waals surface area contributed by atoms with Crippen LogP contribution in [0.1, 0.15) is 17.5 Å². The Labute approximate surface area is 97.1 Å². The molecule has 0 amide bonds. The van der Waals surface area contributed by atoms with Crippen LogP contribution in [0.25, 0.3) is 6.08 Å². The number of allylic oxidation sites excluding steroid dienone is 1. The summed E-state index contributed by atoms with van der Waals surface area (Å²) in [4.78, 5) is 10.4. The van der Waals surface area contributed by atoms with Gasteiger partial charge in [-0.3, -0.25) is 10.1 Å². The SMILES string of the molecule is Cc1cccc([N+](=O)[O-])c1C=CCCBr. The average molecular weight is 270 g/mol. The van der Waals surface area contributed by atoms with Crippen molar-refractivity contribution in [3.8, 4) is 0 Å². The van der Waals surface area contributed by atoms with Crippen LogP contribution in [0.5, 0.6) is 0 Å². The lowest BCUT2D eigenvalue weighted by Crippen LogP contribution is -1.93. The van der Waals surface area contributed by atoms with Crippen molar-refractivity contribution in [2.75, 3.05) is 5.33 Å². The van der Waals surface area contributed by atoms with Crippen molar-refractivity contribution in [1.29, 1.82) is 0 Å². The molecule has 3 nitrogen and oxygen atoms in total. The number of rotatable bonds is 4. The van der Waals surface area contributed by atoms with Crippen molar-refractivity contribution >= 4 is 27.7 Å². The van der Waals surface area contributed by atoms with Crippen molar-refractivity contribution in [2.24, 2.45) is 0 Å². The van der Waals surface area contributed by atoms with Gasteiger partial charge >= 0.3 is 0 Å². The first-order valence-corrected chi connectivity index (χ1v) is 5.75. The molecule has 0 fully saturated rings. The lowest BCUT2D eigenvalue weighted by Gasteiger charge is -2.01. The maximum absolute atomic E-state index is 10.8. The number of halogens is 1. The molecular weight excluding hydrogens is 258 g/mol. The van der Waals surface area contributed by atoms with Gasteiger partial charge in [-0.05, 0) is 18.9 Å². The highest BCUT2D eigenvalue weighted by molar-refractivity contribution is 9.09. The number of aryl methyl sites for hydroxylation is 1. The second-order valence-electron chi connectivity index (χ2n) is 3.14. The number of alkyl halides is 1. The molecule has 0 aromatic heterocycles. The fourth-order valence-electron chi connectivity index (χ4n) is 1.31. The standard InChI is InChI=1S/C11H12BrNO2/c1-9-5-4-7-11(13(14)15)10(9)6-2-3-8-12/h2,4-7H,3,8H2,1H3. The van der Waals surface area contributed by atoms with Crippen LogP contribution < -0.4 is 0 Å². The van der Waals surface area contributed by atoms with E-state index in [1.165, 1.54) is 6.07 Å². The summed E-state index contributed by atoms with van der Waals surface area (Å²) in [6.07, 6.45) is 4.62. The Bertz CT molecular complexity index is 388. The molecule has 0 heterocycles. The third kappa shape index (κ3) is 3.16. The number of nitro groups is 1. The van der Waals surface area contributed by atoms with Crippen LogP contribution in [0.15, 0.2) is 24.3 Å². The van der Waals surface area contributed by atoms with Crippen LogP contribution in [0.4, 0.5) is 5.69 Å². The molecule has 0 unspecified atom stereocenters. The van der Waals surface area contributed by atoms with E-state index in [1.807, 2.05) is 25.1 Å². The van der Waals surface area contributed by atoms with Crippen LogP contribution in [0.2, 0.25) is 0 Å². The van der Waals surface area contributed by atoms with Gasteiger partial charge in [0.2, 0.25) is 0 Å². The van der Waals surface area contributed by atoms with Gasteiger partial charge in [-0.2, -0.15) is 0 Å². The Hall–Kier alpha value is -1.16. The van der Waals surface area contributed by atoms with Crippen LogP contribution >= 0.6 is 15.9 Å². The monoisotopic (exact) mass is 269 g/mol. The Kier molecular flexibility index (Phi) is 4.49. The minimum absolute atomic E-state index is 0.167. The molecule has 1 rings (SSSR count). The van der Waals surface area contributed by atoms with E-state index in [2.05, 4.69) is 15.9 Å². The zero-order valence-corrected chi connectivity index (χ0v) is 10.0. The van der Waals surface area contributed by atoms with Gasteiger partial charge in [-0.1, -0.05) is 40.2 Å². The first-order valence-electron chi connectivity index (χ1n) is 4.63. The van der Waals surface area contributed by atoms with Gasteiger partial charge in [0.05, 0.1) is 10.5 Å². The van der Waals surface area contributed by atoms with E-state index in [-0.39, 0.29) is 10.6 Å². The van der Waals surface area contributed by atoms with Crippen molar-refractivity contribution in [3.05, 3.63) is 45.5 Å². The maximum atomic E-state index is 10.8. The molecule has 0 radical (unpaired) electrons. The quantitative estimate of drug-likeness (QED) is 0.475. The predicted octanol–water partition coefficient (Wildman–Crippen LogP) is 3.70. The van der Waals surface area contributed by atoms with Gasteiger partial charge in [-0.15, -0.1) is 0 Å². The molecule has 0 bridgehead atoms. The van der Waals surface area contributed by atoms with Crippen molar-refractivity contribution < 1.29 is 4.92 Å². The normalized spacial score (nSPS) is 10.8. The summed E-state index contributed by atoms with van der Waals surface area (Å²) < 4.78 is 0. The molecule has 0 spiro atoms. The Morgan fingerprint density at radius 3 is 2.87 bits per heavy atom. The number of hydrogen-bond acceptors (Lipinski definition) is 2. The Balaban J connectivity index is 3.07. The van der Waals surface area contributed by atoms with E-state index in [0.717, 1.165) is 17.3 Å². The topological polar surface area (TPSA) is 43.1 Å². The molecule has 15 heavy (non-hydrogen) atoms. The minimum Gasteiger partial charge on any atom is -0.258 e. The molecular formula is C11H12BrNO2. The molecule has 0 aliphatic rings.